The molecule has 0 spiro atoms. The van der Waals surface area contributed by atoms with E-state index in [4.69, 9.17) is 5.11 Å². The van der Waals surface area contributed by atoms with Gasteiger partial charge in [0.25, 0.3) is 0 Å². The average Bonchev–Trinajstić information content (AvgIpc) is 2.36. The van der Waals surface area contributed by atoms with E-state index in [1.54, 1.807) is 30.3 Å². The lowest BCUT2D eigenvalue weighted by molar-refractivity contribution is -0.153. The first-order valence-corrected chi connectivity index (χ1v) is 6.32. The molecule has 108 valence electrons. The Bertz CT molecular complexity index is 496. The van der Waals surface area contributed by atoms with Crippen molar-refractivity contribution in [3.8, 4) is 0 Å². The van der Waals surface area contributed by atoms with Crippen molar-refractivity contribution >= 4 is 11.9 Å². The molecule has 2 rings (SSSR count). The van der Waals surface area contributed by atoms with E-state index in [2.05, 4.69) is 5.32 Å². The van der Waals surface area contributed by atoms with Crippen LogP contribution in [0.4, 0.5) is 8.78 Å². The molecule has 1 saturated carbocycles. The van der Waals surface area contributed by atoms with Gasteiger partial charge in [-0.15, -0.1) is 0 Å². The standard InChI is InChI=1S/C14H15F2NO3/c15-14(16)7-10(8-14)12(18)17-11(13(19)20)6-9-4-2-1-3-5-9/h1-5,10-11H,6-8H2,(H,17,18)(H,19,20)/t11-/m1/s1. The molecule has 6 heteroatoms. The number of amides is 1. The van der Waals surface area contributed by atoms with Gasteiger partial charge in [0, 0.05) is 25.2 Å². The fourth-order valence-corrected chi connectivity index (χ4v) is 2.19. The Balaban J connectivity index is 1.93. The van der Waals surface area contributed by atoms with Crippen LogP contribution in [0.2, 0.25) is 0 Å². The van der Waals surface area contributed by atoms with E-state index in [0.717, 1.165) is 5.56 Å². The van der Waals surface area contributed by atoms with Crippen molar-refractivity contribution in [3.63, 3.8) is 0 Å². The summed E-state index contributed by atoms with van der Waals surface area (Å²) in [6.45, 7) is 0. The Morgan fingerprint density at radius 2 is 1.90 bits per heavy atom. The molecule has 1 aliphatic carbocycles. The SMILES string of the molecule is O=C(N[C@H](Cc1ccccc1)C(=O)O)C1CC(F)(F)C1. The number of hydrogen-bond donors (Lipinski definition) is 2. The highest BCUT2D eigenvalue weighted by Gasteiger charge is 2.49. The van der Waals surface area contributed by atoms with E-state index >= 15 is 0 Å². The zero-order valence-electron chi connectivity index (χ0n) is 10.7. The molecule has 1 aromatic rings. The third-order valence-corrected chi connectivity index (χ3v) is 3.36. The van der Waals surface area contributed by atoms with Gasteiger partial charge in [-0.3, -0.25) is 4.79 Å². The van der Waals surface area contributed by atoms with E-state index in [1.807, 2.05) is 0 Å². The predicted molar refractivity (Wildman–Crippen MR) is 67.4 cm³/mol. The predicted octanol–water partition coefficient (Wildman–Crippen LogP) is 1.84. The van der Waals surface area contributed by atoms with Gasteiger partial charge in [0.1, 0.15) is 6.04 Å². The highest BCUT2D eigenvalue weighted by Crippen LogP contribution is 2.42. The summed E-state index contributed by atoms with van der Waals surface area (Å²) < 4.78 is 25.4. The van der Waals surface area contributed by atoms with Gasteiger partial charge >= 0.3 is 5.97 Å². The van der Waals surface area contributed by atoms with Gasteiger partial charge < -0.3 is 10.4 Å². The van der Waals surface area contributed by atoms with Crippen molar-refractivity contribution in [2.75, 3.05) is 0 Å². The third-order valence-electron chi connectivity index (χ3n) is 3.36. The first kappa shape index (κ1) is 14.4. The second kappa shape index (κ2) is 5.56. The largest absolute Gasteiger partial charge is 0.480 e. The number of rotatable bonds is 5. The molecule has 1 amide bonds. The van der Waals surface area contributed by atoms with Crippen molar-refractivity contribution in [1.82, 2.24) is 5.32 Å². The quantitative estimate of drug-likeness (QED) is 0.866. The molecule has 0 heterocycles. The molecular formula is C14H15F2NO3. The van der Waals surface area contributed by atoms with Crippen LogP contribution in [0.25, 0.3) is 0 Å². The van der Waals surface area contributed by atoms with E-state index in [-0.39, 0.29) is 6.42 Å². The molecule has 0 bridgehead atoms. The summed E-state index contributed by atoms with van der Waals surface area (Å²) >= 11 is 0. The third kappa shape index (κ3) is 3.53. The molecule has 1 aromatic carbocycles. The summed E-state index contributed by atoms with van der Waals surface area (Å²) in [4.78, 5) is 22.8. The second-order valence-electron chi connectivity index (χ2n) is 5.05. The van der Waals surface area contributed by atoms with E-state index in [1.165, 1.54) is 0 Å². The summed E-state index contributed by atoms with van der Waals surface area (Å²) in [5, 5.41) is 11.4. The molecule has 2 N–H and O–H groups in total. The number of alkyl halides is 2. The van der Waals surface area contributed by atoms with Gasteiger partial charge in [-0.05, 0) is 5.56 Å². The summed E-state index contributed by atoms with van der Waals surface area (Å²) in [6, 6.07) is 7.73. The smallest absolute Gasteiger partial charge is 0.326 e. The maximum absolute atomic E-state index is 12.7. The average molecular weight is 283 g/mol. The number of carbonyl (C=O) groups is 2. The number of benzene rings is 1. The van der Waals surface area contributed by atoms with Crippen LogP contribution in [-0.4, -0.2) is 28.9 Å². The molecule has 1 aliphatic rings. The van der Waals surface area contributed by atoms with Crippen molar-refractivity contribution in [2.24, 2.45) is 5.92 Å². The zero-order valence-corrected chi connectivity index (χ0v) is 10.7. The van der Waals surface area contributed by atoms with Gasteiger partial charge in [0.2, 0.25) is 11.8 Å². The lowest BCUT2D eigenvalue weighted by Crippen LogP contribution is -2.50. The number of nitrogens with one attached hydrogen (secondary N) is 1. The minimum absolute atomic E-state index is 0.130. The number of carbonyl (C=O) groups excluding carboxylic acids is 1. The summed E-state index contributed by atoms with van der Waals surface area (Å²) in [6.07, 6.45) is -0.877. The van der Waals surface area contributed by atoms with Crippen molar-refractivity contribution in [2.45, 2.75) is 31.2 Å². The first-order chi connectivity index (χ1) is 9.37. The number of aliphatic carboxylic acids is 1. The van der Waals surface area contributed by atoms with Crippen LogP contribution in [0.1, 0.15) is 18.4 Å². The van der Waals surface area contributed by atoms with Crippen LogP contribution in [-0.2, 0) is 16.0 Å². The van der Waals surface area contributed by atoms with Crippen LogP contribution in [0, 0.1) is 5.92 Å². The van der Waals surface area contributed by atoms with Crippen LogP contribution < -0.4 is 5.32 Å². The minimum Gasteiger partial charge on any atom is -0.480 e. The highest BCUT2D eigenvalue weighted by atomic mass is 19.3. The Hall–Kier alpha value is -1.98. The van der Waals surface area contributed by atoms with Gasteiger partial charge in [0.05, 0.1) is 0 Å². The maximum Gasteiger partial charge on any atom is 0.326 e. The van der Waals surface area contributed by atoms with Crippen LogP contribution in [0.15, 0.2) is 30.3 Å². The summed E-state index contributed by atoms with van der Waals surface area (Å²) in [5.74, 6) is -5.37. The van der Waals surface area contributed by atoms with Crippen molar-refractivity contribution < 1.29 is 23.5 Å². The number of carboxylic acids is 1. The van der Waals surface area contributed by atoms with Gasteiger partial charge in [-0.2, -0.15) is 0 Å². The van der Waals surface area contributed by atoms with Crippen LogP contribution in [0.5, 0.6) is 0 Å². The van der Waals surface area contributed by atoms with Gasteiger partial charge in [-0.1, -0.05) is 30.3 Å². The molecule has 0 radical (unpaired) electrons. The van der Waals surface area contributed by atoms with Gasteiger partial charge in [-0.25, -0.2) is 13.6 Å². The van der Waals surface area contributed by atoms with E-state index in [9.17, 15) is 18.4 Å². The van der Waals surface area contributed by atoms with E-state index in [0.29, 0.717) is 0 Å². The van der Waals surface area contributed by atoms with E-state index < -0.39 is 42.6 Å². The lowest BCUT2D eigenvalue weighted by Gasteiger charge is -2.34. The first-order valence-electron chi connectivity index (χ1n) is 6.32. The molecule has 0 unspecified atom stereocenters. The molecule has 0 saturated heterocycles. The maximum atomic E-state index is 12.7. The number of halogens is 2. The van der Waals surface area contributed by atoms with Crippen LogP contribution >= 0.6 is 0 Å². The monoisotopic (exact) mass is 283 g/mol. The molecule has 20 heavy (non-hydrogen) atoms. The zero-order chi connectivity index (χ0) is 14.8. The highest BCUT2D eigenvalue weighted by molar-refractivity contribution is 5.85. The Kier molecular flexibility index (Phi) is 4.01. The molecule has 1 fully saturated rings. The minimum atomic E-state index is -2.79. The fraction of sp³-hybridized carbons (Fsp3) is 0.429. The Morgan fingerprint density at radius 3 is 2.40 bits per heavy atom. The number of carboxylic acid groups (broad SMARTS) is 1. The van der Waals surface area contributed by atoms with Crippen molar-refractivity contribution in [1.29, 1.82) is 0 Å². The Morgan fingerprint density at radius 1 is 1.30 bits per heavy atom. The van der Waals surface area contributed by atoms with Gasteiger partial charge in [0.15, 0.2) is 0 Å². The molecule has 4 nitrogen and oxygen atoms in total. The fourth-order valence-electron chi connectivity index (χ4n) is 2.19. The number of hydrogen-bond acceptors (Lipinski definition) is 2. The normalized spacial score (nSPS) is 18.9. The summed E-state index contributed by atoms with van der Waals surface area (Å²) in [7, 11) is 0. The second-order valence-corrected chi connectivity index (χ2v) is 5.05. The molecular weight excluding hydrogens is 268 g/mol. The molecule has 0 aromatic heterocycles. The summed E-state index contributed by atoms with van der Waals surface area (Å²) in [5.41, 5.74) is 0.763. The molecule has 1 atom stereocenters. The van der Waals surface area contributed by atoms with Crippen molar-refractivity contribution in [3.05, 3.63) is 35.9 Å². The Labute approximate surface area is 114 Å². The van der Waals surface area contributed by atoms with Crippen LogP contribution in [0.3, 0.4) is 0 Å². The topological polar surface area (TPSA) is 66.4 Å². The lowest BCUT2D eigenvalue weighted by atomic mass is 9.80. The molecule has 0 aliphatic heterocycles.